The first-order valence-corrected chi connectivity index (χ1v) is 12.3. The van der Waals surface area contributed by atoms with E-state index in [4.69, 9.17) is 9.84 Å². The lowest BCUT2D eigenvalue weighted by atomic mass is 9.97. The zero-order valence-corrected chi connectivity index (χ0v) is 22.0. The second-order valence-electron chi connectivity index (χ2n) is 11.4. The van der Waals surface area contributed by atoms with E-state index in [1.807, 2.05) is 50.3 Å². The largest absolute Gasteiger partial charge is 0.444 e. The first-order valence-electron chi connectivity index (χ1n) is 12.3. The predicted molar refractivity (Wildman–Crippen MR) is 131 cm³/mol. The molecule has 2 amide bonds. The Balaban J connectivity index is 1.63. The van der Waals surface area contributed by atoms with E-state index in [2.05, 4.69) is 11.9 Å². The first kappa shape index (κ1) is 25.2. The number of hydrogen-bond donors (Lipinski definition) is 1. The summed E-state index contributed by atoms with van der Waals surface area (Å²) in [5.74, 6) is -0.102. The zero-order valence-electron chi connectivity index (χ0n) is 22.0. The van der Waals surface area contributed by atoms with Gasteiger partial charge in [-0.25, -0.2) is 4.79 Å². The van der Waals surface area contributed by atoms with Gasteiger partial charge in [0.2, 0.25) is 0 Å². The molecule has 9 nitrogen and oxygen atoms in total. The molecular formula is C26H37N5O4. The van der Waals surface area contributed by atoms with Crippen LogP contribution < -0.4 is 0 Å². The van der Waals surface area contributed by atoms with Gasteiger partial charge in [0.05, 0.1) is 30.0 Å². The van der Waals surface area contributed by atoms with Crippen molar-refractivity contribution in [3.05, 3.63) is 46.5 Å². The molecule has 35 heavy (non-hydrogen) atoms. The van der Waals surface area contributed by atoms with E-state index >= 15 is 0 Å². The van der Waals surface area contributed by atoms with E-state index in [9.17, 15) is 14.7 Å². The number of rotatable bonds is 3. The SMILES string of the molecule is CC(c1ccc(C(C)(C)O)nc1)N1C[C@@H](C)n2nc3c(c2C1=O)CN(C(=O)OC(C)(C)C)[C@H](C)C3. The van der Waals surface area contributed by atoms with E-state index < -0.39 is 11.2 Å². The topological polar surface area (TPSA) is 101 Å². The minimum atomic E-state index is -1.03. The third kappa shape index (κ3) is 4.78. The number of aliphatic hydroxyl groups is 1. The highest BCUT2D eigenvalue weighted by atomic mass is 16.6. The summed E-state index contributed by atoms with van der Waals surface area (Å²) in [5.41, 5.74) is 2.07. The Morgan fingerprint density at radius 3 is 2.43 bits per heavy atom. The summed E-state index contributed by atoms with van der Waals surface area (Å²) in [5, 5.41) is 15.0. The van der Waals surface area contributed by atoms with Crippen LogP contribution in [0.15, 0.2) is 18.3 Å². The summed E-state index contributed by atoms with van der Waals surface area (Å²) in [6.07, 6.45) is 1.92. The number of carbonyl (C=O) groups excluding carboxylic acids is 2. The van der Waals surface area contributed by atoms with Gasteiger partial charge in [-0.15, -0.1) is 0 Å². The van der Waals surface area contributed by atoms with Crippen LogP contribution >= 0.6 is 0 Å². The molecule has 1 N–H and O–H groups in total. The third-order valence-corrected chi connectivity index (χ3v) is 6.77. The summed E-state index contributed by atoms with van der Waals surface area (Å²) >= 11 is 0. The van der Waals surface area contributed by atoms with Crippen LogP contribution in [0.4, 0.5) is 4.79 Å². The van der Waals surface area contributed by atoms with Gasteiger partial charge in [0.25, 0.3) is 5.91 Å². The summed E-state index contributed by atoms with van der Waals surface area (Å²) < 4.78 is 7.45. The van der Waals surface area contributed by atoms with Gasteiger partial charge in [-0.05, 0) is 67.0 Å². The molecule has 0 saturated carbocycles. The molecule has 2 aliphatic rings. The number of fused-ring (bicyclic) bond motifs is 3. The molecule has 0 saturated heterocycles. The van der Waals surface area contributed by atoms with Gasteiger partial charge in [0.1, 0.15) is 16.9 Å². The number of pyridine rings is 1. The minimum absolute atomic E-state index is 0.00959. The molecule has 2 aliphatic heterocycles. The standard InChI is InChI=1S/C26H37N5O4/c1-15-11-20-19(14-29(15)24(33)35-25(4,5)6)22-23(32)30(13-16(2)31(22)28-20)17(3)18-9-10-21(27-12-18)26(7,8)34/h9-10,12,15-17,34H,11,13-14H2,1-8H3/t15-,16-,17?/m1/s1. The molecule has 9 heteroatoms. The lowest BCUT2D eigenvalue weighted by molar-refractivity contribution is 0.0135. The molecule has 2 aromatic rings. The van der Waals surface area contributed by atoms with Crippen LogP contribution in [0.5, 0.6) is 0 Å². The Kier molecular flexibility index (Phi) is 6.20. The van der Waals surface area contributed by atoms with Crippen LogP contribution in [0.2, 0.25) is 0 Å². The summed E-state index contributed by atoms with van der Waals surface area (Å²) in [6, 6.07) is 3.42. The molecule has 2 aromatic heterocycles. The van der Waals surface area contributed by atoms with Gasteiger partial charge in [-0.1, -0.05) is 6.07 Å². The van der Waals surface area contributed by atoms with Gasteiger partial charge < -0.3 is 19.6 Å². The maximum atomic E-state index is 13.8. The van der Waals surface area contributed by atoms with E-state index in [-0.39, 0.29) is 30.1 Å². The molecule has 4 heterocycles. The fourth-order valence-electron chi connectivity index (χ4n) is 4.78. The number of nitrogens with zero attached hydrogens (tertiary/aromatic N) is 5. The van der Waals surface area contributed by atoms with Crippen molar-refractivity contribution in [2.24, 2.45) is 0 Å². The molecular weight excluding hydrogens is 446 g/mol. The Morgan fingerprint density at radius 2 is 1.86 bits per heavy atom. The van der Waals surface area contributed by atoms with E-state index in [1.165, 1.54) is 0 Å². The first-order chi connectivity index (χ1) is 16.2. The van der Waals surface area contributed by atoms with Crippen LogP contribution in [0.25, 0.3) is 0 Å². The monoisotopic (exact) mass is 483 g/mol. The van der Waals surface area contributed by atoms with Crippen LogP contribution in [0.3, 0.4) is 0 Å². The number of aromatic nitrogens is 3. The number of hydrogen-bond acceptors (Lipinski definition) is 6. The molecule has 190 valence electrons. The quantitative estimate of drug-likeness (QED) is 0.709. The Hall–Kier alpha value is -2.94. The highest BCUT2D eigenvalue weighted by Crippen LogP contribution is 2.35. The average molecular weight is 484 g/mol. The summed E-state index contributed by atoms with van der Waals surface area (Å²) in [6.45, 7) is 15.8. The van der Waals surface area contributed by atoms with Crippen molar-refractivity contribution in [2.45, 2.75) is 97.7 Å². The van der Waals surface area contributed by atoms with Gasteiger partial charge in [0.15, 0.2) is 0 Å². The zero-order chi connectivity index (χ0) is 25.9. The molecule has 3 atom stereocenters. The Morgan fingerprint density at radius 1 is 1.17 bits per heavy atom. The fraction of sp³-hybridized carbons (Fsp3) is 0.615. The second-order valence-corrected chi connectivity index (χ2v) is 11.4. The van der Waals surface area contributed by atoms with Crippen LogP contribution in [0.1, 0.15) is 100 Å². The van der Waals surface area contributed by atoms with Crippen molar-refractivity contribution >= 4 is 12.0 Å². The normalized spacial score (nSPS) is 21.5. The van der Waals surface area contributed by atoms with Crippen molar-refractivity contribution < 1.29 is 19.4 Å². The lowest BCUT2D eigenvalue weighted by Crippen LogP contribution is -2.46. The van der Waals surface area contributed by atoms with E-state index in [0.29, 0.717) is 30.9 Å². The molecule has 0 bridgehead atoms. The van der Waals surface area contributed by atoms with Gasteiger partial charge in [0, 0.05) is 30.8 Å². The van der Waals surface area contributed by atoms with Crippen molar-refractivity contribution in [3.8, 4) is 0 Å². The average Bonchev–Trinajstić information content (AvgIpc) is 3.12. The minimum Gasteiger partial charge on any atom is -0.444 e. The molecule has 0 fully saturated rings. The van der Waals surface area contributed by atoms with Crippen LogP contribution in [-0.2, 0) is 23.3 Å². The van der Waals surface area contributed by atoms with Crippen LogP contribution in [-0.4, -0.2) is 59.9 Å². The van der Waals surface area contributed by atoms with Crippen molar-refractivity contribution in [1.82, 2.24) is 24.6 Å². The number of ether oxygens (including phenoxy) is 1. The highest BCUT2D eigenvalue weighted by Gasteiger charge is 2.41. The second kappa shape index (κ2) is 8.62. The molecule has 0 aromatic carbocycles. The molecule has 0 radical (unpaired) electrons. The smallest absolute Gasteiger partial charge is 0.410 e. The van der Waals surface area contributed by atoms with Crippen LogP contribution in [0, 0.1) is 0 Å². The van der Waals surface area contributed by atoms with Gasteiger partial charge in [-0.3, -0.25) is 14.5 Å². The van der Waals surface area contributed by atoms with Crippen molar-refractivity contribution in [2.75, 3.05) is 6.54 Å². The Bertz CT molecular complexity index is 1130. The lowest BCUT2D eigenvalue weighted by Gasteiger charge is -2.37. The van der Waals surface area contributed by atoms with E-state index in [1.54, 1.807) is 31.0 Å². The third-order valence-electron chi connectivity index (χ3n) is 6.77. The predicted octanol–water partition coefficient (Wildman–Crippen LogP) is 3.97. The Labute approximate surface area is 207 Å². The van der Waals surface area contributed by atoms with Crippen molar-refractivity contribution in [3.63, 3.8) is 0 Å². The molecule has 4 rings (SSSR count). The van der Waals surface area contributed by atoms with Crippen molar-refractivity contribution in [1.29, 1.82) is 0 Å². The molecule has 1 unspecified atom stereocenters. The summed E-state index contributed by atoms with van der Waals surface area (Å²) in [7, 11) is 0. The van der Waals surface area contributed by atoms with Gasteiger partial charge >= 0.3 is 6.09 Å². The highest BCUT2D eigenvalue weighted by molar-refractivity contribution is 5.95. The number of amides is 2. The maximum Gasteiger partial charge on any atom is 0.410 e. The summed E-state index contributed by atoms with van der Waals surface area (Å²) in [4.78, 5) is 34.6. The van der Waals surface area contributed by atoms with Gasteiger partial charge in [-0.2, -0.15) is 5.10 Å². The maximum absolute atomic E-state index is 13.8. The number of carbonyl (C=O) groups is 2. The van der Waals surface area contributed by atoms with E-state index in [0.717, 1.165) is 16.8 Å². The molecule has 0 aliphatic carbocycles. The fourth-order valence-corrected chi connectivity index (χ4v) is 4.78. The molecule has 0 spiro atoms.